The smallest absolute Gasteiger partial charge is 0.232 e. The Morgan fingerprint density at radius 3 is 2.68 bits per heavy atom. The third kappa shape index (κ3) is 5.21. The third-order valence-corrected chi connectivity index (χ3v) is 3.79. The van der Waals surface area contributed by atoms with Crippen LogP contribution in [-0.2, 0) is 4.79 Å². The second-order valence-electron chi connectivity index (χ2n) is 4.25. The van der Waals surface area contributed by atoms with Crippen molar-refractivity contribution in [1.82, 2.24) is 4.90 Å². The number of thioether (sulfide) groups is 1. The van der Waals surface area contributed by atoms with Gasteiger partial charge in [-0.25, -0.2) is 0 Å². The zero-order valence-electron chi connectivity index (χ0n) is 11.1. The lowest BCUT2D eigenvalue weighted by Gasteiger charge is -2.24. The van der Waals surface area contributed by atoms with Gasteiger partial charge in [-0.1, -0.05) is 23.4 Å². The molecule has 1 aromatic carbocycles. The molecule has 0 bridgehead atoms. The van der Waals surface area contributed by atoms with Crippen LogP contribution in [0.4, 0.5) is 0 Å². The van der Waals surface area contributed by atoms with E-state index < -0.39 is 0 Å². The Kier molecular flexibility index (Phi) is 6.21. The van der Waals surface area contributed by atoms with Crippen LogP contribution < -0.4 is 5.73 Å². The van der Waals surface area contributed by atoms with Gasteiger partial charge in [-0.3, -0.25) is 4.79 Å². The van der Waals surface area contributed by atoms with Gasteiger partial charge in [0, 0.05) is 24.4 Å². The summed E-state index contributed by atoms with van der Waals surface area (Å²) in [5.41, 5.74) is 5.43. The van der Waals surface area contributed by atoms with E-state index in [0.717, 1.165) is 4.90 Å². The number of rotatable bonds is 6. The zero-order valence-corrected chi connectivity index (χ0v) is 11.9. The van der Waals surface area contributed by atoms with Crippen LogP contribution in [0, 0.1) is 0 Å². The predicted molar refractivity (Wildman–Crippen MR) is 77.4 cm³/mol. The molecule has 0 spiro atoms. The summed E-state index contributed by atoms with van der Waals surface area (Å²) in [4.78, 5) is 14.7. The standard InChI is InChI=1S/C13H19N3O2S/c1-10(8-12(14)15-18)16(2)13(17)9-19-11-6-4-3-5-7-11/h3-7,10,18H,8-9H2,1-2H3,(H2,14,15). The fraction of sp³-hybridized carbons (Fsp3) is 0.385. The number of carbonyl (C=O) groups excluding carboxylic acids is 1. The largest absolute Gasteiger partial charge is 0.409 e. The first kappa shape index (κ1) is 15.4. The highest BCUT2D eigenvalue weighted by molar-refractivity contribution is 8.00. The van der Waals surface area contributed by atoms with Crippen molar-refractivity contribution in [1.29, 1.82) is 0 Å². The molecule has 0 aliphatic rings. The lowest BCUT2D eigenvalue weighted by Crippen LogP contribution is -2.38. The van der Waals surface area contributed by atoms with Crippen molar-refractivity contribution >= 4 is 23.5 Å². The first-order valence-electron chi connectivity index (χ1n) is 5.94. The molecule has 0 aliphatic heterocycles. The molecule has 1 amide bonds. The molecule has 0 radical (unpaired) electrons. The summed E-state index contributed by atoms with van der Waals surface area (Å²) < 4.78 is 0. The second kappa shape index (κ2) is 7.68. The van der Waals surface area contributed by atoms with E-state index in [1.807, 2.05) is 37.3 Å². The molecular formula is C13H19N3O2S. The number of nitrogens with two attached hydrogens (primary N) is 1. The zero-order chi connectivity index (χ0) is 14.3. The minimum atomic E-state index is -0.0974. The van der Waals surface area contributed by atoms with Crippen LogP contribution in [0.15, 0.2) is 40.4 Å². The van der Waals surface area contributed by atoms with Gasteiger partial charge in [-0.05, 0) is 19.1 Å². The molecule has 0 fully saturated rings. The molecule has 5 nitrogen and oxygen atoms in total. The summed E-state index contributed by atoms with van der Waals surface area (Å²) in [6.45, 7) is 1.86. The quantitative estimate of drug-likeness (QED) is 0.274. The second-order valence-corrected chi connectivity index (χ2v) is 5.30. The lowest BCUT2D eigenvalue weighted by atomic mass is 10.2. The maximum atomic E-state index is 12.0. The van der Waals surface area contributed by atoms with E-state index in [-0.39, 0.29) is 17.8 Å². The number of benzene rings is 1. The Labute approximate surface area is 117 Å². The Hall–Kier alpha value is -1.69. The molecule has 0 aromatic heterocycles. The van der Waals surface area contributed by atoms with E-state index in [1.54, 1.807) is 11.9 Å². The molecule has 0 aliphatic carbocycles. The Bertz CT molecular complexity index is 437. The van der Waals surface area contributed by atoms with Crippen molar-refractivity contribution in [2.45, 2.75) is 24.3 Å². The van der Waals surface area contributed by atoms with Gasteiger partial charge in [-0.2, -0.15) is 0 Å². The highest BCUT2D eigenvalue weighted by Crippen LogP contribution is 2.17. The van der Waals surface area contributed by atoms with Gasteiger partial charge >= 0.3 is 0 Å². The number of hydrogen-bond donors (Lipinski definition) is 2. The first-order chi connectivity index (χ1) is 9.04. The summed E-state index contributed by atoms with van der Waals surface area (Å²) in [6, 6.07) is 9.67. The topological polar surface area (TPSA) is 78.9 Å². The normalized spacial score (nSPS) is 13.1. The van der Waals surface area contributed by atoms with Crippen molar-refractivity contribution in [3.05, 3.63) is 30.3 Å². The number of amides is 1. The molecule has 3 N–H and O–H groups in total. The summed E-state index contributed by atoms with van der Waals surface area (Å²) in [5, 5.41) is 11.4. The molecule has 1 unspecified atom stereocenters. The van der Waals surface area contributed by atoms with Gasteiger partial charge in [0.2, 0.25) is 5.91 Å². The van der Waals surface area contributed by atoms with Crippen LogP contribution in [-0.4, -0.2) is 40.7 Å². The van der Waals surface area contributed by atoms with Gasteiger partial charge in [0.25, 0.3) is 0 Å². The van der Waals surface area contributed by atoms with E-state index in [0.29, 0.717) is 12.2 Å². The summed E-state index contributed by atoms with van der Waals surface area (Å²) in [6.07, 6.45) is 0.356. The van der Waals surface area contributed by atoms with E-state index in [2.05, 4.69) is 5.16 Å². The molecule has 19 heavy (non-hydrogen) atoms. The minimum absolute atomic E-state index is 0.0205. The summed E-state index contributed by atoms with van der Waals surface area (Å²) in [5.74, 6) is 0.524. The Balaban J connectivity index is 2.44. The number of nitrogens with zero attached hydrogens (tertiary/aromatic N) is 2. The average Bonchev–Trinajstić information content (AvgIpc) is 2.44. The van der Waals surface area contributed by atoms with E-state index in [4.69, 9.17) is 10.9 Å². The van der Waals surface area contributed by atoms with Crippen LogP contribution in [0.5, 0.6) is 0 Å². The number of carbonyl (C=O) groups is 1. The van der Waals surface area contributed by atoms with Crippen LogP contribution >= 0.6 is 11.8 Å². The fourth-order valence-corrected chi connectivity index (χ4v) is 2.33. The first-order valence-corrected chi connectivity index (χ1v) is 6.93. The molecule has 0 saturated carbocycles. The van der Waals surface area contributed by atoms with Crippen molar-refractivity contribution in [2.24, 2.45) is 10.9 Å². The average molecular weight is 281 g/mol. The summed E-state index contributed by atoms with van der Waals surface area (Å²) in [7, 11) is 1.73. The van der Waals surface area contributed by atoms with Crippen LogP contribution in [0.2, 0.25) is 0 Å². The molecule has 1 aromatic rings. The van der Waals surface area contributed by atoms with Crippen LogP contribution in [0.3, 0.4) is 0 Å². The molecule has 104 valence electrons. The molecule has 0 saturated heterocycles. The van der Waals surface area contributed by atoms with E-state index in [9.17, 15) is 4.79 Å². The van der Waals surface area contributed by atoms with Gasteiger partial charge in [0.15, 0.2) is 0 Å². The lowest BCUT2D eigenvalue weighted by molar-refractivity contribution is -0.128. The van der Waals surface area contributed by atoms with Gasteiger partial charge < -0.3 is 15.8 Å². The highest BCUT2D eigenvalue weighted by atomic mass is 32.2. The van der Waals surface area contributed by atoms with Crippen molar-refractivity contribution in [3.8, 4) is 0 Å². The number of hydrogen-bond acceptors (Lipinski definition) is 4. The molecule has 6 heteroatoms. The van der Waals surface area contributed by atoms with Crippen molar-refractivity contribution < 1.29 is 10.0 Å². The molecule has 0 heterocycles. The Morgan fingerprint density at radius 2 is 2.11 bits per heavy atom. The van der Waals surface area contributed by atoms with Gasteiger partial charge in [0.1, 0.15) is 5.84 Å². The van der Waals surface area contributed by atoms with Crippen LogP contribution in [0.25, 0.3) is 0 Å². The van der Waals surface area contributed by atoms with Crippen molar-refractivity contribution in [2.75, 3.05) is 12.8 Å². The Morgan fingerprint density at radius 1 is 1.47 bits per heavy atom. The highest BCUT2D eigenvalue weighted by Gasteiger charge is 2.17. The minimum Gasteiger partial charge on any atom is -0.409 e. The van der Waals surface area contributed by atoms with Gasteiger partial charge in [0.05, 0.1) is 5.75 Å². The predicted octanol–water partition coefficient (Wildman–Crippen LogP) is 1.76. The van der Waals surface area contributed by atoms with Gasteiger partial charge in [-0.15, -0.1) is 11.8 Å². The summed E-state index contributed by atoms with van der Waals surface area (Å²) >= 11 is 1.50. The number of amidine groups is 1. The van der Waals surface area contributed by atoms with E-state index in [1.165, 1.54) is 11.8 Å². The number of oxime groups is 1. The van der Waals surface area contributed by atoms with Crippen LogP contribution in [0.1, 0.15) is 13.3 Å². The SMILES string of the molecule is CC(CC(N)=NO)N(C)C(=O)CSc1ccccc1. The monoisotopic (exact) mass is 281 g/mol. The fourth-order valence-electron chi connectivity index (χ4n) is 1.49. The van der Waals surface area contributed by atoms with E-state index >= 15 is 0 Å². The maximum Gasteiger partial charge on any atom is 0.232 e. The molecular weight excluding hydrogens is 262 g/mol. The third-order valence-electron chi connectivity index (χ3n) is 2.79. The molecule has 1 rings (SSSR count). The molecule has 1 atom stereocenters. The van der Waals surface area contributed by atoms with Crippen molar-refractivity contribution in [3.63, 3.8) is 0 Å². The maximum absolute atomic E-state index is 12.0.